The van der Waals surface area contributed by atoms with E-state index in [1.807, 2.05) is 10.8 Å². The summed E-state index contributed by atoms with van der Waals surface area (Å²) in [5.74, 6) is -0.908. The number of benzene rings is 1. The van der Waals surface area contributed by atoms with Crippen molar-refractivity contribution in [1.29, 1.82) is 5.26 Å². The molecule has 0 unspecified atom stereocenters. The first kappa shape index (κ1) is 20.9. The van der Waals surface area contributed by atoms with E-state index in [0.717, 1.165) is 11.0 Å². The molecular weight excluding hydrogens is 414 g/mol. The third kappa shape index (κ3) is 6.36. The normalized spacial score (nSPS) is 11.4. The van der Waals surface area contributed by atoms with Crippen molar-refractivity contribution in [3.05, 3.63) is 28.2 Å². The van der Waals surface area contributed by atoms with Gasteiger partial charge in [0.2, 0.25) is 0 Å². The summed E-state index contributed by atoms with van der Waals surface area (Å²) in [5.41, 5.74) is -0.625. The van der Waals surface area contributed by atoms with E-state index in [1.165, 1.54) is 19.2 Å². The molecule has 0 aliphatic carbocycles. The van der Waals surface area contributed by atoms with Crippen molar-refractivity contribution in [3.8, 4) is 6.07 Å². The number of ether oxygens (including phenoxy) is 1. The van der Waals surface area contributed by atoms with Crippen molar-refractivity contribution >= 4 is 38.0 Å². The Balaban J connectivity index is 2.82. The largest absolute Gasteiger partial charge is 0.444 e. The maximum Gasteiger partial charge on any atom is 0.410 e. The average Bonchev–Trinajstić information content (AvgIpc) is 2.44. The van der Waals surface area contributed by atoms with Gasteiger partial charge in [-0.3, -0.25) is 4.79 Å². The van der Waals surface area contributed by atoms with E-state index in [1.54, 1.807) is 20.8 Å². The van der Waals surface area contributed by atoms with Crippen LogP contribution < -0.4 is 4.72 Å². The highest BCUT2D eigenvalue weighted by atomic mass is 79.9. The van der Waals surface area contributed by atoms with Crippen LogP contribution in [0, 0.1) is 11.3 Å². The molecule has 1 rings (SSSR count). The number of carbonyl (C=O) groups excluding carboxylic acids is 2. The molecule has 10 heteroatoms. The van der Waals surface area contributed by atoms with Crippen LogP contribution in [-0.2, 0) is 19.6 Å². The third-order valence-electron chi connectivity index (χ3n) is 2.70. The second-order valence-electron chi connectivity index (χ2n) is 6.12. The second kappa shape index (κ2) is 7.84. The molecule has 1 aromatic rings. The second-order valence-corrected chi connectivity index (χ2v) is 8.66. The molecule has 1 N–H and O–H groups in total. The molecule has 0 aliphatic heterocycles. The summed E-state index contributed by atoms with van der Waals surface area (Å²) in [6, 6.07) is 5.61. The Morgan fingerprint density at radius 2 is 1.96 bits per heavy atom. The molecule has 0 aromatic heterocycles. The molecule has 0 bridgehead atoms. The van der Waals surface area contributed by atoms with Crippen LogP contribution in [0.15, 0.2) is 27.6 Å². The number of nitrogens with zero attached hydrogens (tertiary/aromatic N) is 2. The highest BCUT2D eigenvalue weighted by Crippen LogP contribution is 2.20. The third-order valence-corrected chi connectivity index (χ3v) is 4.77. The Bertz CT molecular complexity index is 825. The molecule has 25 heavy (non-hydrogen) atoms. The lowest BCUT2D eigenvalue weighted by molar-refractivity contribution is -0.120. The first-order valence-electron chi connectivity index (χ1n) is 7.05. The van der Waals surface area contributed by atoms with Crippen molar-refractivity contribution in [2.45, 2.75) is 31.3 Å². The molecule has 0 fully saturated rings. The smallest absolute Gasteiger partial charge is 0.410 e. The van der Waals surface area contributed by atoms with E-state index in [0.29, 0.717) is 4.47 Å². The van der Waals surface area contributed by atoms with E-state index in [-0.39, 0.29) is 10.5 Å². The van der Waals surface area contributed by atoms with E-state index in [4.69, 9.17) is 10.00 Å². The zero-order valence-electron chi connectivity index (χ0n) is 14.2. The molecule has 2 amide bonds. The number of sulfonamides is 1. The predicted molar refractivity (Wildman–Crippen MR) is 93.0 cm³/mol. The van der Waals surface area contributed by atoms with Crippen LogP contribution >= 0.6 is 15.9 Å². The maximum atomic E-state index is 12.2. The quantitative estimate of drug-likeness (QED) is 0.778. The summed E-state index contributed by atoms with van der Waals surface area (Å²) in [6.07, 6.45) is -0.754. The molecule has 1 aromatic carbocycles. The molecule has 0 saturated carbocycles. The molecule has 0 radical (unpaired) electrons. The minimum atomic E-state index is -4.17. The maximum absolute atomic E-state index is 12.2. The number of nitriles is 1. The molecule has 8 nitrogen and oxygen atoms in total. The van der Waals surface area contributed by atoms with Crippen molar-refractivity contribution in [1.82, 2.24) is 9.62 Å². The predicted octanol–water partition coefficient (Wildman–Crippen LogP) is 1.99. The van der Waals surface area contributed by atoms with E-state index < -0.39 is 34.2 Å². The van der Waals surface area contributed by atoms with E-state index >= 15 is 0 Å². The summed E-state index contributed by atoms with van der Waals surface area (Å²) >= 11 is 3.12. The van der Waals surface area contributed by atoms with Crippen LogP contribution in [0.4, 0.5) is 4.79 Å². The number of hydrogen-bond acceptors (Lipinski definition) is 6. The van der Waals surface area contributed by atoms with Crippen LogP contribution in [-0.4, -0.2) is 44.5 Å². The van der Waals surface area contributed by atoms with Crippen molar-refractivity contribution in [3.63, 3.8) is 0 Å². The lowest BCUT2D eigenvalue weighted by Gasteiger charge is -2.24. The molecular formula is C15H18BrN3O5S. The summed E-state index contributed by atoms with van der Waals surface area (Å²) in [5, 5.41) is 8.94. The zero-order valence-corrected chi connectivity index (χ0v) is 16.6. The first-order valence-corrected chi connectivity index (χ1v) is 9.33. The number of halogens is 1. The van der Waals surface area contributed by atoms with E-state index in [9.17, 15) is 18.0 Å². The highest BCUT2D eigenvalue weighted by Gasteiger charge is 2.24. The van der Waals surface area contributed by atoms with Gasteiger partial charge in [0.25, 0.3) is 15.9 Å². The van der Waals surface area contributed by atoms with Crippen molar-refractivity contribution in [2.24, 2.45) is 0 Å². The van der Waals surface area contributed by atoms with Gasteiger partial charge in [-0.25, -0.2) is 17.9 Å². The van der Waals surface area contributed by atoms with Crippen LogP contribution in [0.3, 0.4) is 0 Å². The van der Waals surface area contributed by atoms with Gasteiger partial charge in [0, 0.05) is 11.5 Å². The van der Waals surface area contributed by atoms with Crippen LogP contribution in [0.1, 0.15) is 26.3 Å². The number of amides is 2. The number of likely N-dealkylation sites (N-methyl/N-ethyl adjacent to an activating group) is 1. The van der Waals surface area contributed by atoms with Gasteiger partial charge in [-0.2, -0.15) is 5.26 Å². The fourth-order valence-electron chi connectivity index (χ4n) is 1.62. The zero-order chi connectivity index (χ0) is 19.4. The van der Waals surface area contributed by atoms with Crippen LogP contribution in [0.25, 0.3) is 0 Å². The van der Waals surface area contributed by atoms with Gasteiger partial charge >= 0.3 is 6.09 Å². The van der Waals surface area contributed by atoms with E-state index in [2.05, 4.69) is 15.9 Å². The van der Waals surface area contributed by atoms with Gasteiger partial charge in [0.05, 0.1) is 10.5 Å². The fourth-order valence-corrected chi connectivity index (χ4v) is 2.96. The Labute approximate surface area is 154 Å². The Hall–Kier alpha value is -2.12. The average molecular weight is 432 g/mol. The number of nitrogens with one attached hydrogen (secondary N) is 1. The molecule has 0 spiro atoms. The molecule has 0 heterocycles. The molecule has 0 aliphatic rings. The summed E-state index contributed by atoms with van der Waals surface area (Å²) in [7, 11) is -2.85. The lowest BCUT2D eigenvalue weighted by Crippen LogP contribution is -2.42. The van der Waals surface area contributed by atoms with Gasteiger partial charge in [-0.05, 0) is 54.9 Å². The Morgan fingerprint density at radius 3 is 2.48 bits per heavy atom. The summed E-state index contributed by atoms with van der Waals surface area (Å²) < 4.78 is 31.8. The highest BCUT2D eigenvalue weighted by molar-refractivity contribution is 9.10. The summed E-state index contributed by atoms with van der Waals surface area (Å²) in [4.78, 5) is 24.4. The molecule has 136 valence electrons. The van der Waals surface area contributed by atoms with Gasteiger partial charge in [0.1, 0.15) is 18.2 Å². The van der Waals surface area contributed by atoms with Crippen LogP contribution in [0.5, 0.6) is 0 Å². The summed E-state index contributed by atoms with van der Waals surface area (Å²) in [6.45, 7) is 4.51. The number of rotatable bonds is 4. The fraction of sp³-hybridized carbons (Fsp3) is 0.400. The van der Waals surface area contributed by atoms with Gasteiger partial charge in [-0.1, -0.05) is 0 Å². The minimum Gasteiger partial charge on any atom is -0.444 e. The number of hydrogen-bond donors (Lipinski definition) is 1. The molecule has 0 saturated heterocycles. The van der Waals surface area contributed by atoms with Crippen LogP contribution in [0.2, 0.25) is 0 Å². The standard InChI is InChI=1S/C15H18BrN3O5S/c1-15(2,3)24-14(21)19(4)9-13(20)18-25(22,23)11-5-6-12(16)10(7-11)8-17/h5-7H,9H2,1-4H3,(H,18,20). The van der Waals surface area contributed by atoms with Gasteiger partial charge in [0.15, 0.2) is 0 Å². The Morgan fingerprint density at radius 1 is 1.36 bits per heavy atom. The van der Waals surface area contributed by atoms with Crippen molar-refractivity contribution < 1.29 is 22.7 Å². The number of carbonyl (C=O) groups is 2. The van der Waals surface area contributed by atoms with Crippen molar-refractivity contribution in [2.75, 3.05) is 13.6 Å². The monoisotopic (exact) mass is 431 g/mol. The minimum absolute atomic E-state index is 0.112. The Kier molecular flexibility index (Phi) is 6.56. The molecule has 0 atom stereocenters. The van der Waals surface area contributed by atoms with Gasteiger partial charge in [-0.15, -0.1) is 0 Å². The lowest BCUT2D eigenvalue weighted by atomic mass is 10.2. The topological polar surface area (TPSA) is 117 Å². The van der Waals surface area contributed by atoms with Gasteiger partial charge < -0.3 is 9.64 Å². The first-order chi connectivity index (χ1) is 11.4. The SMILES string of the molecule is CN(CC(=O)NS(=O)(=O)c1ccc(Br)c(C#N)c1)C(=O)OC(C)(C)C.